The molecule has 1 aromatic carbocycles. The summed E-state index contributed by atoms with van der Waals surface area (Å²) >= 11 is 0. The molecule has 0 unspecified atom stereocenters. The maximum atomic E-state index is 12.9. The monoisotopic (exact) mass is 197 g/mol. The predicted molar refractivity (Wildman–Crippen MR) is 55.9 cm³/mol. The van der Waals surface area contributed by atoms with Crippen LogP contribution in [0.2, 0.25) is 0 Å². The summed E-state index contributed by atoms with van der Waals surface area (Å²) in [6, 6.07) is 4.83. The number of nitrogens with one attached hydrogen (secondary N) is 1. The molecule has 0 aliphatic carbocycles. The standard InChI is InChI=1S/C11H16FNO/c1-3-10(14)7-13-9-4-5-11(12)8(2)6-9/h4-6,10,13-14H,3,7H2,1-2H3/t10-/m1/s1. The maximum Gasteiger partial charge on any atom is 0.126 e. The summed E-state index contributed by atoms with van der Waals surface area (Å²) < 4.78 is 12.9. The zero-order valence-electron chi connectivity index (χ0n) is 8.55. The van der Waals surface area contributed by atoms with Crippen LogP contribution in [-0.2, 0) is 0 Å². The van der Waals surface area contributed by atoms with Gasteiger partial charge in [0.2, 0.25) is 0 Å². The molecule has 1 atom stereocenters. The summed E-state index contributed by atoms with van der Waals surface area (Å²) in [4.78, 5) is 0. The quantitative estimate of drug-likeness (QED) is 0.776. The normalized spacial score (nSPS) is 12.6. The second kappa shape index (κ2) is 4.96. The highest BCUT2D eigenvalue weighted by molar-refractivity contribution is 5.45. The Hall–Kier alpha value is -1.09. The van der Waals surface area contributed by atoms with Gasteiger partial charge in [0.1, 0.15) is 5.82 Å². The minimum Gasteiger partial charge on any atom is -0.391 e. The summed E-state index contributed by atoms with van der Waals surface area (Å²) in [5.74, 6) is -0.202. The first-order valence-corrected chi connectivity index (χ1v) is 4.81. The van der Waals surface area contributed by atoms with Gasteiger partial charge < -0.3 is 10.4 Å². The molecule has 0 amide bonds. The first-order chi connectivity index (χ1) is 6.63. The average molecular weight is 197 g/mol. The van der Waals surface area contributed by atoms with E-state index in [1.165, 1.54) is 6.07 Å². The fourth-order valence-corrected chi connectivity index (χ4v) is 1.13. The van der Waals surface area contributed by atoms with E-state index in [2.05, 4.69) is 5.32 Å². The SMILES string of the molecule is CC[C@@H](O)CNc1ccc(F)c(C)c1. The molecule has 78 valence electrons. The van der Waals surface area contributed by atoms with Gasteiger partial charge in [0.05, 0.1) is 6.10 Å². The van der Waals surface area contributed by atoms with Crippen molar-refractivity contribution in [1.82, 2.24) is 0 Å². The van der Waals surface area contributed by atoms with Gasteiger partial charge in [-0.1, -0.05) is 6.92 Å². The topological polar surface area (TPSA) is 32.3 Å². The molecule has 0 radical (unpaired) electrons. The molecule has 0 saturated heterocycles. The third kappa shape index (κ3) is 3.00. The lowest BCUT2D eigenvalue weighted by molar-refractivity contribution is 0.183. The summed E-state index contributed by atoms with van der Waals surface area (Å²) in [6.45, 7) is 4.14. The van der Waals surface area contributed by atoms with Crippen LogP contribution >= 0.6 is 0 Å². The van der Waals surface area contributed by atoms with Crippen LogP contribution in [0.15, 0.2) is 18.2 Å². The maximum absolute atomic E-state index is 12.9. The molecule has 14 heavy (non-hydrogen) atoms. The van der Waals surface area contributed by atoms with Gasteiger partial charge in [0.25, 0.3) is 0 Å². The Bertz CT molecular complexity index is 301. The van der Waals surface area contributed by atoms with Crippen LogP contribution < -0.4 is 5.32 Å². The van der Waals surface area contributed by atoms with Crippen LogP contribution in [0.5, 0.6) is 0 Å². The van der Waals surface area contributed by atoms with Gasteiger partial charge in [0.15, 0.2) is 0 Å². The third-order valence-electron chi connectivity index (χ3n) is 2.17. The van der Waals surface area contributed by atoms with E-state index in [-0.39, 0.29) is 11.9 Å². The number of anilines is 1. The smallest absolute Gasteiger partial charge is 0.126 e. The van der Waals surface area contributed by atoms with E-state index in [4.69, 9.17) is 0 Å². The third-order valence-corrected chi connectivity index (χ3v) is 2.17. The largest absolute Gasteiger partial charge is 0.391 e. The van der Waals surface area contributed by atoms with Crippen molar-refractivity contribution < 1.29 is 9.50 Å². The fraction of sp³-hybridized carbons (Fsp3) is 0.455. The molecule has 2 nitrogen and oxygen atoms in total. The van der Waals surface area contributed by atoms with Crippen molar-refractivity contribution in [2.75, 3.05) is 11.9 Å². The second-order valence-electron chi connectivity index (χ2n) is 3.41. The molecule has 0 aliphatic heterocycles. The number of hydrogen-bond donors (Lipinski definition) is 2. The van der Waals surface area contributed by atoms with Crippen molar-refractivity contribution >= 4 is 5.69 Å². The number of aliphatic hydroxyl groups is 1. The van der Waals surface area contributed by atoms with Crippen molar-refractivity contribution in [3.63, 3.8) is 0 Å². The van der Waals surface area contributed by atoms with Crippen molar-refractivity contribution in [2.24, 2.45) is 0 Å². The van der Waals surface area contributed by atoms with Crippen LogP contribution in [-0.4, -0.2) is 17.8 Å². The number of aryl methyl sites for hydroxylation is 1. The molecule has 0 fully saturated rings. The summed E-state index contributed by atoms with van der Waals surface area (Å²) in [7, 11) is 0. The zero-order chi connectivity index (χ0) is 10.6. The predicted octanol–water partition coefficient (Wildman–Crippen LogP) is 2.32. The minimum atomic E-state index is -0.347. The van der Waals surface area contributed by atoms with Crippen molar-refractivity contribution in [3.05, 3.63) is 29.6 Å². The van der Waals surface area contributed by atoms with Crippen molar-refractivity contribution in [1.29, 1.82) is 0 Å². The van der Waals surface area contributed by atoms with E-state index in [0.29, 0.717) is 18.5 Å². The molecule has 0 bridgehead atoms. The Morgan fingerprint density at radius 1 is 1.50 bits per heavy atom. The van der Waals surface area contributed by atoms with Crippen molar-refractivity contribution in [2.45, 2.75) is 26.4 Å². The summed E-state index contributed by atoms with van der Waals surface area (Å²) in [5, 5.41) is 12.4. The van der Waals surface area contributed by atoms with Gasteiger partial charge in [-0.05, 0) is 37.1 Å². The molecule has 3 heteroatoms. The van der Waals surface area contributed by atoms with Gasteiger partial charge in [-0.2, -0.15) is 0 Å². The Labute approximate surface area is 83.8 Å². The molecular weight excluding hydrogens is 181 g/mol. The van der Waals surface area contributed by atoms with E-state index < -0.39 is 0 Å². The van der Waals surface area contributed by atoms with Crippen molar-refractivity contribution in [3.8, 4) is 0 Å². The first-order valence-electron chi connectivity index (χ1n) is 4.81. The number of aliphatic hydroxyl groups excluding tert-OH is 1. The molecular formula is C11H16FNO. The van der Waals surface area contributed by atoms with Crippen LogP contribution in [0.1, 0.15) is 18.9 Å². The highest BCUT2D eigenvalue weighted by atomic mass is 19.1. The lowest BCUT2D eigenvalue weighted by Gasteiger charge is -2.11. The highest BCUT2D eigenvalue weighted by Crippen LogP contribution is 2.13. The Balaban J connectivity index is 2.55. The van der Waals surface area contributed by atoms with Gasteiger partial charge in [-0.15, -0.1) is 0 Å². The Morgan fingerprint density at radius 3 is 2.79 bits per heavy atom. The van der Waals surface area contributed by atoms with E-state index in [1.807, 2.05) is 6.92 Å². The van der Waals surface area contributed by atoms with Gasteiger partial charge in [-0.25, -0.2) is 4.39 Å². The van der Waals surface area contributed by atoms with Crippen LogP contribution in [0.3, 0.4) is 0 Å². The van der Waals surface area contributed by atoms with E-state index >= 15 is 0 Å². The fourth-order valence-electron chi connectivity index (χ4n) is 1.13. The molecule has 0 spiro atoms. The van der Waals surface area contributed by atoms with Gasteiger partial charge >= 0.3 is 0 Å². The lowest BCUT2D eigenvalue weighted by Crippen LogP contribution is -2.18. The molecule has 1 rings (SSSR count). The molecule has 0 saturated carbocycles. The summed E-state index contributed by atoms with van der Waals surface area (Å²) in [6.07, 6.45) is 0.369. The average Bonchev–Trinajstić information content (AvgIpc) is 2.19. The first kappa shape index (κ1) is 11.0. The Kier molecular flexibility index (Phi) is 3.89. The summed E-state index contributed by atoms with van der Waals surface area (Å²) in [5.41, 5.74) is 1.46. The zero-order valence-corrected chi connectivity index (χ0v) is 8.55. The number of benzene rings is 1. The lowest BCUT2D eigenvalue weighted by atomic mass is 10.2. The highest BCUT2D eigenvalue weighted by Gasteiger charge is 2.01. The number of halogens is 1. The van der Waals surface area contributed by atoms with Crippen LogP contribution in [0, 0.1) is 12.7 Å². The second-order valence-corrected chi connectivity index (χ2v) is 3.41. The number of rotatable bonds is 4. The van der Waals surface area contributed by atoms with E-state index in [9.17, 15) is 9.50 Å². The van der Waals surface area contributed by atoms with Gasteiger partial charge in [-0.3, -0.25) is 0 Å². The molecule has 0 aromatic heterocycles. The van der Waals surface area contributed by atoms with Gasteiger partial charge in [0, 0.05) is 12.2 Å². The van der Waals surface area contributed by atoms with E-state index in [1.54, 1.807) is 19.1 Å². The molecule has 1 aromatic rings. The van der Waals surface area contributed by atoms with Crippen LogP contribution in [0.25, 0.3) is 0 Å². The van der Waals surface area contributed by atoms with E-state index in [0.717, 1.165) is 5.69 Å². The Morgan fingerprint density at radius 2 is 2.21 bits per heavy atom. The number of hydrogen-bond acceptors (Lipinski definition) is 2. The molecule has 2 N–H and O–H groups in total. The molecule has 0 heterocycles. The minimum absolute atomic E-state index is 0.202. The van der Waals surface area contributed by atoms with Crippen LogP contribution in [0.4, 0.5) is 10.1 Å². The molecule has 0 aliphatic rings.